The largest absolute Gasteiger partial charge is 0.321 e. The van der Waals surface area contributed by atoms with E-state index >= 15 is 0 Å². The van der Waals surface area contributed by atoms with Gasteiger partial charge in [0, 0.05) is 19.1 Å². The topological polar surface area (TPSA) is 21.1 Å². The molecule has 4 heteroatoms. The summed E-state index contributed by atoms with van der Waals surface area (Å²) in [7, 11) is 2.00. The molecule has 0 bridgehead atoms. The predicted molar refractivity (Wildman–Crippen MR) is 88.9 cm³/mol. The molecule has 1 heterocycles. The maximum Gasteiger partial charge on any atom is 0.128 e. The predicted octanol–water partition coefficient (Wildman–Crippen LogP) is 4.12. The first-order valence-corrected chi connectivity index (χ1v) is 8.61. The zero-order valence-corrected chi connectivity index (χ0v) is 13.8. The minimum absolute atomic E-state index is 0.535. The molecule has 0 unspecified atom stereocenters. The summed E-state index contributed by atoms with van der Waals surface area (Å²) in [4.78, 5) is 7.17. The normalized spacial score (nSPS) is 21.1. The van der Waals surface area contributed by atoms with E-state index in [0.717, 1.165) is 17.5 Å². The summed E-state index contributed by atoms with van der Waals surface area (Å²) >= 11 is 6.16. The average Bonchev–Trinajstić information content (AvgIpc) is 3.34. The van der Waals surface area contributed by atoms with Crippen LogP contribution in [-0.2, 0) is 20.0 Å². The number of fused-ring (bicyclic) bond motifs is 1. The smallest absolute Gasteiger partial charge is 0.128 e. The molecule has 0 radical (unpaired) electrons. The van der Waals surface area contributed by atoms with Crippen molar-refractivity contribution in [2.45, 2.75) is 50.7 Å². The quantitative estimate of drug-likeness (QED) is 0.846. The zero-order chi connectivity index (χ0) is 15.1. The third-order valence-corrected chi connectivity index (χ3v) is 5.46. The summed E-state index contributed by atoms with van der Waals surface area (Å²) in [5.41, 5.74) is 3.06. The highest BCUT2D eigenvalue weighted by atomic mass is 35.5. The molecule has 2 aliphatic rings. The standard InChI is InChI=1S/C18H22ClN3/c1-21-17(19)11-20-18(21)12-22(14-9-10-14)16-8-4-6-13-5-2-3-7-15(13)16/h2-3,5,7,11,14,16H,4,6,8-10,12H2,1H3/t16-/m0/s1. The van der Waals surface area contributed by atoms with Crippen LogP contribution in [0.2, 0.25) is 5.15 Å². The van der Waals surface area contributed by atoms with Crippen LogP contribution in [-0.4, -0.2) is 20.5 Å². The third kappa shape index (κ3) is 2.57. The molecule has 116 valence electrons. The van der Waals surface area contributed by atoms with E-state index in [1.807, 2.05) is 11.6 Å². The molecule has 3 nitrogen and oxygen atoms in total. The van der Waals surface area contributed by atoms with Crippen molar-refractivity contribution in [3.63, 3.8) is 0 Å². The molecule has 0 amide bonds. The van der Waals surface area contributed by atoms with Crippen molar-refractivity contribution in [3.05, 3.63) is 52.6 Å². The van der Waals surface area contributed by atoms with Gasteiger partial charge in [0.2, 0.25) is 0 Å². The van der Waals surface area contributed by atoms with Gasteiger partial charge in [-0.2, -0.15) is 0 Å². The maximum atomic E-state index is 6.16. The number of nitrogens with zero attached hydrogens (tertiary/aromatic N) is 3. The van der Waals surface area contributed by atoms with E-state index in [9.17, 15) is 0 Å². The molecule has 1 saturated carbocycles. The van der Waals surface area contributed by atoms with E-state index in [1.54, 1.807) is 6.20 Å². The average molecular weight is 316 g/mol. The molecule has 2 aliphatic carbocycles. The SMILES string of the molecule is Cn1c(Cl)cnc1CN(C1CC1)[C@H]1CCCc2ccccc21. The van der Waals surface area contributed by atoms with E-state index in [2.05, 4.69) is 34.1 Å². The van der Waals surface area contributed by atoms with Crippen LogP contribution in [0.1, 0.15) is 48.7 Å². The summed E-state index contributed by atoms with van der Waals surface area (Å²) in [6.45, 7) is 0.896. The van der Waals surface area contributed by atoms with Crippen LogP contribution >= 0.6 is 11.6 Å². The number of imidazole rings is 1. The first-order valence-electron chi connectivity index (χ1n) is 8.23. The highest BCUT2D eigenvalue weighted by molar-refractivity contribution is 6.29. The Morgan fingerprint density at radius 2 is 2.09 bits per heavy atom. The van der Waals surface area contributed by atoms with Crippen molar-refractivity contribution in [3.8, 4) is 0 Å². The zero-order valence-electron chi connectivity index (χ0n) is 13.0. The summed E-state index contributed by atoms with van der Waals surface area (Å²) < 4.78 is 2.01. The van der Waals surface area contributed by atoms with Crippen molar-refractivity contribution < 1.29 is 0 Å². The van der Waals surface area contributed by atoms with E-state index in [4.69, 9.17) is 11.6 Å². The number of rotatable bonds is 4. The molecule has 1 aromatic heterocycles. The Bertz CT molecular complexity index is 675. The Kier molecular flexibility index (Phi) is 3.71. The number of hydrogen-bond acceptors (Lipinski definition) is 2. The second-order valence-electron chi connectivity index (χ2n) is 6.57. The first kappa shape index (κ1) is 14.3. The monoisotopic (exact) mass is 315 g/mol. The minimum atomic E-state index is 0.535. The first-order chi connectivity index (χ1) is 10.7. The van der Waals surface area contributed by atoms with Crippen molar-refractivity contribution in [2.24, 2.45) is 7.05 Å². The molecular formula is C18H22ClN3. The molecule has 1 fully saturated rings. The van der Waals surface area contributed by atoms with Crippen LogP contribution in [0, 0.1) is 0 Å². The van der Waals surface area contributed by atoms with Crippen molar-refractivity contribution >= 4 is 11.6 Å². The lowest BCUT2D eigenvalue weighted by Gasteiger charge is -2.36. The molecule has 1 atom stereocenters. The Morgan fingerprint density at radius 3 is 2.82 bits per heavy atom. The third-order valence-electron chi connectivity index (χ3n) is 5.11. The molecule has 1 aromatic carbocycles. The second-order valence-corrected chi connectivity index (χ2v) is 6.95. The fourth-order valence-corrected chi connectivity index (χ4v) is 3.85. The van der Waals surface area contributed by atoms with Crippen molar-refractivity contribution in [1.82, 2.24) is 14.5 Å². The Labute approximate surface area is 136 Å². The van der Waals surface area contributed by atoms with E-state index < -0.39 is 0 Å². The summed E-state index contributed by atoms with van der Waals surface area (Å²) in [6, 6.07) is 10.2. The van der Waals surface area contributed by atoms with Gasteiger partial charge >= 0.3 is 0 Å². The Balaban J connectivity index is 1.65. The van der Waals surface area contributed by atoms with Gasteiger partial charge in [-0.3, -0.25) is 4.90 Å². The Morgan fingerprint density at radius 1 is 1.27 bits per heavy atom. The number of benzene rings is 1. The number of aryl methyl sites for hydroxylation is 1. The molecule has 2 aromatic rings. The van der Waals surface area contributed by atoms with Crippen LogP contribution in [0.25, 0.3) is 0 Å². The van der Waals surface area contributed by atoms with Gasteiger partial charge in [0.25, 0.3) is 0 Å². The lowest BCUT2D eigenvalue weighted by Crippen LogP contribution is -2.33. The molecular weight excluding hydrogens is 294 g/mol. The number of hydrogen-bond donors (Lipinski definition) is 0. The van der Waals surface area contributed by atoms with Gasteiger partial charge in [0.1, 0.15) is 11.0 Å². The number of aromatic nitrogens is 2. The number of halogens is 1. The van der Waals surface area contributed by atoms with Crippen molar-refractivity contribution in [2.75, 3.05) is 0 Å². The highest BCUT2D eigenvalue weighted by Crippen LogP contribution is 2.41. The van der Waals surface area contributed by atoms with Gasteiger partial charge in [0.15, 0.2) is 0 Å². The van der Waals surface area contributed by atoms with Crippen LogP contribution in [0.15, 0.2) is 30.5 Å². The van der Waals surface area contributed by atoms with Gasteiger partial charge in [0.05, 0.1) is 12.7 Å². The lowest BCUT2D eigenvalue weighted by molar-refractivity contribution is 0.154. The van der Waals surface area contributed by atoms with Gasteiger partial charge in [-0.05, 0) is 43.2 Å². The highest BCUT2D eigenvalue weighted by Gasteiger charge is 2.36. The van der Waals surface area contributed by atoms with E-state index in [0.29, 0.717) is 12.1 Å². The molecule has 0 saturated heterocycles. The summed E-state index contributed by atoms with van der Waals surface area (Å²) in [6.07, 6.45) is 8.15. The molecule has 22 heavy (non-hydrogen) atoms. The summed E-state index contributed by atoms with van der Waals surface area (Å²) in [5.74, 6) is 1.07. The van der Waals surface area contributed by atoms with Gasteiger partial charge < -0.3 is 4.57 Å². The van der Waals surface area contributed by atoms with Crippen LogP contribution in [0.4, 0.5) is 0 Å². The van der Waals surface area contributed by atoms with Crippen LogP contribution in [0.3, 0.4) is 0 Å². The maximum absolute atomic E-state index is 6.16. The van der Waals surface area contributed by atoms with Crippen molar-refractivity contribution in [1.29, 1.82) is 0 Å². The van der Waals surface area contributed by atoms with Gasteiger partial charge in [-0.15, -0.1) is 0 Å². The molecule has 4 rings (SSSR count). The summed E-state index contributed by atoms with van der Waals surface area (Å²) in [5, 5.41) is 0.717. The molecule has 0 N–H and O–H groups in total. The van der Waals surface area contributed by atoms with Gasteiger partial charge in [-0.1, -0.05) is 35.9 Å². The minimum Gasteiger partial charge on any atom is -0.321 e. The lowest BCUT2D eigenvalue weighted by atomic mass is 9.86. The van der Waals surface area contributed by atoms with E-state index in [1.165, 1.54) is 43.2 Å². The van der Waals surface area contributed by atoms with Crippen LogP contribution in [0.5, 0.6) is 0 Å². The fourth-order valence-electron chi connectivity index (χ4n) is 3.71. The Hall–Kier alpha value is -1.32. The molecule has 0 spiro atoms. The fraction of sp³-hybridized carbons (Fsp3) is 0.500. The van der Waals surface area contributed by atoms with E-state index in [-0.39, 0.29) is 0 Å². The molecule has 0 aliphatic heterocycles. The van der Waals surface area contributed by atoms with Crippen LogP contribution < -0.4 is 0 Å². The second kappa shape index (κ2) is 5.71. The van der Waals surface area contributed by atoms with Gasteiger partial charge in [-0.25, -0.2) is 4.98 Å².